The van der Waals surface area contributed by atoms with E-state index in [9.17, 15) is 9.90 Å². The van der Waals surface area contributed by atoms with Crippen molar-refractivity contribution in [1.29, 1.82) is 0 Å². The molecule has 0 radical (unpaired) electrons. The number of ether oxygens (including phenoxy) is 1. The molecule has 27 heavy (non-hydrogen) atoms. The van der Waals surface area contributed by atoms with Gasteiger partial charge in [-0.1, -0.05) is 42.4 Å². The molecule has 1 aromatic carbocycles. The van der Waals surface area contributed by atoms with Gasteiger partial charge in [0.1, 0.15) is 0 Å². The lowest BCUT2D eigenvalue weighted by Crippen LogP contribution is -2.52. The minimum atomic E-state index is -0.382. The third-order valence-electron chi connectivity index (χ3n) is 5.75. The Hall–Kier alpha value is -2.18. The van der Waals surface area contributed by atoms with Crippen molar-refractivity contribution in [2.45, 2.75) is 56.8 Å². The van der Waals surface area contributed by atoms with Crippen LogP contribution >= 0.6 is 0 Å². The average molecular weight is 370 g/mol. The van der Waals surface area contributed by atoms with Gasteiger partial charge in [0.15, 0.2) is 0 Å². The number of carbonyl (C=O) groups excluding carboxylic acids is 1. The van der Waals surface area contributed by atoms with Crippen molar-refractivity contribution in [3.63, 3.8) is 0 Å². The summed E-state index contributed by atoms with van der Waals surface area (Å²) in [7, 11) is 0. The van der Waals surface area contributed by atoms with Gasteiger partial charge in [-0.2, -0.15) is 0 Å². The largest absolute Gasteiger partial charge is 0.393 e. The fraction of sp³-hybridized carbons (Fsp3) is 0.524. The summed E-state index contributed by atoms with van der Waals surface area (Å²) in [6.07, 6.45) is 2.94. The van der Waals surface area contributed by atoms with Crippen molar-refractivity contribution in [3.05, 3.63) is 53.4 Å². The van der Waals surface area contributed by atoms with Gasteiger partial charge >= 0.3 is 0 Å². The van der Waals surface area contributed by atoms with E-state index in [1.807, 2.05) is 37.3 Å². The maximum Gasteiger partial charge on any atom is 0.292 e. The van der Waals surface area contributed by atoms with Crippen LogP contribution in [0, 0.1) is 0 Å². The molecule has 0 bridgehead atoms. The molecule has 4 rings (SSSR count). The van der Waals surface area contributed by atoms with Gasteiger partial charge in [0.25, 0.3) is 5.91 Å². The number of rotatable bonds is 3. The maximum atomic E-state index is 12.7. The number of piperidine rings is 1. The Morgan fingerprint density at radius 2 is 2.04 bits per heavy atom. The lowest BCUT2D eigenvalue weighted by atomic mass is 9.81. The monoisotopic (exact) mass is 370 g/mol. The van der Waals surface area contributed by atoms with Gasteiger partial charge in [0.2, 0.25) is 5.76 Å². The number of carbonyl (C=O) groups is 1. The smallest absolute Gasteiger partial charge is 0.292 e. The first-order valence-corrected chi connectivity index (χ1v) is 9.74. The van der Waals surface area contributed by atoms with Crippen LogP contribution in [0.2, 0.25) is 0 Å². The fourth-order valence-electron chi connectivity index (χ4n) is 4.20. The van der Waals surface area contributed by atoms with Crippen LogP contribution in [0.1, 0.15) is 60.5 Å². The Morgan fingerprint density at radius 1 is 1.30 bits per heavy atom. The second-order valence-electron chi connectivity index (χ2n) is 7.62. The number of amides is 1. The number of hydrogen-bond donors (Lipinski definition) is 1. The highest BCUT2D eigenvalue weighted by Crippen LogP contribution is 2.43. The zero-order valence-corrected chi connectivity index (χ0v) is 15.6. The van der Waals surface area contributed by atoms with Crippen LogP contribution in [0.4, 0.5) is 0 Å². The zero-order chi connectivity index (χ0) is 18.9. The van der Waals surface area contributed by atoms with E-state index in [-0.39, 0.29) is 23.7 Å². The number of benzene rings is 1. The van der Waals surface area contributed by atoms with Crippen LogP contribution in [-0.4, -0.2) is 45.9 Å². The number of aromatic nitrogens is 1. The Kier molecular flexibility index (Phi) is 5.02. The molecule has 1 amide bonds. The lowest BCUT2D eigenvalue weighted by molar-refractivity contribution is -0.181. The van der Waals surface area contributed by atoms with Crippen LogP contribution in [0.25, 0.3) is 0 Å². The fourth-order valence-corrected chi connectivity index (χ4v) is 4.20. The molecule has 1 spiro atoms. The van der Waals surface area contributed by atoms with Gasteiger partial charge in [0, 0.05) is 32.0 Å². The summed E-state index contributed by atoms with van der Waals surface area (Å²) >= 11 is 0. The summed E-state index contributed by atoms with van der Waals surface area (Å²) < 4.78 is 11.7. The quantitative estimate of drug-likeness (QED) is 0.898. The highest BCUT2D eigenvalue weighted by Gasteiger charge is 2.44. The number of likely N-dealkylation sites (tertiary alicyclic amines) is 1. The molecule has 2 aromatic rings. The van der Waals surface area contributed by atoms with Crippen LogP contribution in [0.15, 0.2) is 40.9 Å². The van der Waals surface area contributed by atoms with Crippen molar-refractivity contribution in [3.8, 4) is 0 Å². The first-order valence-electron chi connectivity index (χ1n) is 9.74. The summed E-state index contributed by atoms with van der Waals surface area (Å²) in [5, 5.41) is 14.4. The number of aryl methyl sites for hydroxylation is 1. The Balaban J connectivity index is 1.43. The van der Waals surface area contributed by atoms with Crippen molar-refractivity contribution < 1.29 is 19.2 Å². The molecule has 0 aliphatic carbocycles. The predicted octanol–water partition coefficient (Wildman–Crippen LogP) is 3.12. The molecule has 2 aliphatic heterocycles. The summed E-state index contributed by atoms with van der Waals surface area (Å²) in [5.74, 6) is 0.183. The molecule has 0 unspecified atom stereocenters. The number of aliphatic hydroxyl groups excluding tert-OH is 1. The van der Waals surface area contributed by atoms with E-state index in [1.54, 1.807) is 11.0 Å². The minimum absolute atomic E-state index is 0.0985. The van der Waals surface area contributed by atoms with Crippen LogP contribution in [0.5, 0.6) is 0 Å². The number of nitrogens with zero attached hydrogens (tertiary/aromatic N) is 2. The molecular formula is C21H26N2O4. The molecule has 2 saturated heterocycles. The van der Waals surface area contributed by atoms with E-state index in [1.165, 1.54) is 0 Å². The number of hydrogen-bond acceptors (Lipinski definition) is 5. The Morgan fingerprint density at radius 3 is 2.70 bits per heavy atom. The van der Waals surface area contributed by atoms with E-state index in [2.05, 4.69) is 5.16 Å². The molecule has 1 N–H and O–H groups in total. The third-order valence-corrected chi connectivity index (χ3v) is 5.75. The molecule has 2 fully saturated rings. The molecule has 1 aromatic heterocycles. The molecule has 6 heteroatoms. The molecule has 0 saturated carbocycles. The van der Waals surface area contributed by atoms with Crippen molar-refractivity contribution >= 4 is 5.91 Å². The van der Waals surface area contributed by atoms with Gasteiger partial charge in [-0.25, -0.2) is 0 Å². The second kappa shape index (κ2) is 7.44. The van der Waals surface area contributed by atoms with Gasteiger partial charge in [0.05, 0.1) is 23.5 Å². The van der Waals surface area contributed by atoms with Gasteiger partial charge in [-0.05, 0) is 24.8 Å². The predicted molar refractivity (Wildman–Crippen MR) is 99.3 cm³/mol. The van der Waals surface area contributed by atoms with Crippen LogP contribution < -0.4 is 0 Å². The van der Waals surface area contributed by atoms with Gasteiger partial charge in [-0.3, -0.25) is 4.79 Å². The number of aliphatic hydroxyl groups is 1. The van der Waals surface area contributed by atoms with Crippen molar-refractivity contribution in [2.24, 2.45) is 0 Å². The van der Waals surface area contributed by atoms with Crippen LogP contribution in [0.3, 0.4) is 0 Å². The van der Waals surface area contributed by atoms with E-state index < -0.39 is 0 Å². The Bertz CT molecular complexity index is 780. The summed E-state index contributed by atoms with van der Waals surface area (Å²) in [5.41, 5.74) is 1.52. The van der Waals surface area contributed by atoms with E-state index in [0.717, 1.165) is 17.7 Å². The van der Waals surface area contributed by atoms with E-state index in [0.29, 0.717) is 44.5 Å². The molecule has 6 nitrogen and oxygen atoms in total. The highest BCUT2D eigenvalue weighted by molar-refractivity contribution is 5.91. The summed E-state index contributed by atoms with van der Waals surface area (Å²) in [6.45, 7) is 3.16. The molecular weight excluding hydrogens is 344 g/mol. The maximum absolute atomic E-state index is 12.7. The van der Waals surface area contributed by atoms with Crippen molar-refractivity contribution in [2.75, 3.05) is 13.1 Å². The minimum Gasteiger partial charge on any atom is -0.393 e. The summed E-state index contributed by atoms with van der Waals surface area (Å²) in [4.78, 5) is 14.5. The van der Waals surface area contributed by atoms with Crippen molar-refractivity contribution in [1.82, 2.24) is 10.1 Å². The normalized spacial score (nSPS) is 24.9. The molecule has 3 heterocycles. The zero-order valence-electron chi connectivity index (χ0n) is 15.6. The summed E-state index contributed by atoms with van der Waals surface area (Å²) in [6, 6.07) is 11.8. The van der Waals surface area contributed by atoms with Gasteiger partial charge in [-0.15, -0.1) is 0 Å². The topological polar surface area (TPSA) is 75.8 Å². The van der Waals surface area contributed by atoms with E-state index >= 15 is 0 Å². The SMILES string of the molecule is CCc1cc(C(=O)N2CCC3(CC2)C[C@H](O)C[C@H](c2ccccc2)O3)on1. The molecule has 144 valence electrons. The van der Waals surface area contributed by atoms with Crippen LogP contribution in [-0.2, 0) is 11.2 Å². The second-order valence-corrected chi connectivity index (χ2v) is 7.62. The molecule has 2 aliphatic rings. The third kappa shape index (κ3) is 3.77. The first kappa shape index (κ1) is 18.2. The lowest BCUT2D eigenvalue weighted by Gasteiger charge is -2.47. The van der Waals surface area contributed by atoms with Gasteiger partial charge < -0.3 is 19.3 Å². The first-order chi connectivity index (χ1) is 13.1. The standard InChI is InChI=1S/C21H26N2O4/c1-2-16-12-19(27-22-16)20(25)23-10-8-21(9-11-23)14-17(24)13-18(26-21)15-6-4-3-5-7-15/h3-7,12,17-18,24H,2,8-11,13-14H2,1H3/t17-,18-/m1/s1. The Labute approximate surface area is 159 Å². The average Bonchev–Trinajstić information content (AvgIpc) is 3.17. The highest BCUT2D eigenvalue weighted by atomic mass is 16.5. The van der Waals surface area contributed by atoms with E-state index in [4.69, 9.17) is 9.26 Å². The molecule has 2 atom stereocenters.